The van der Waals surface area contributed by atoms with Gasteiger partial charge < -0.3 is 24.2 Å². The molecule has 5 aromatic rings. The third kappa shape index (κ3) is 7.56. The van der Waals surface area contributed by atoms with Crippen LogP contribution < -0.4 is 19.1 Å². The number of nitrogens with zero attached hydrogens (tertiary/aromatic N) is 2. The van der Waals surface area contributed by atoms with E-state index in [2.05, 4.69) is 0 Å². The normalized spacial score (nSPS) is 13.8. The van der Waals surface area contributed by atoms with Crippen LogP contribution in [-0.4, -0.2) is 40.8 Å². The molecule has 2 amide bonds. The van der Waals surface area contributed by atoms with E-state index in [1.54, 1.807) is 36.1 Å². The van der Waals surface area contributed by atoms with Gasteiger partial charge in [0.2, 0.25) is 5.60 Å². The number of carboxylic acid groups (broad SMARTS) is 1. The summed E-state index contributed by atoms with van der Waals surface area (Å²) in [4.78, 5) is 29.4. The fraction of sp³-hybridized carbons (Fsp3) is 0.179. The highest BCUT2D eigenvalue weighted by Gasteiger charge is 2.36. The summed E-state index contributed by atoms with van der Waals surface area (Å²) in [5.41, 5.74) is 2.09. The maximum absolute atomic E-state index is 13.8. The highest BCUT2D eigenvalue weighted by molar-refractivity contribution is 6.01. The van der Waals surface area contributed by atoms with Crippen LogP contribution in [0.5, 0.6) is 23.0 Å². The number of rotatable bonds is 13. The summed E-state index contributed by atoms with van der Waals surface area (Å²) >= 11 is 0. The number of benzene rings is 5. The standard InChI is InChI=1S/C39H36N2O6/c1-39(37(42)43,47-35-14-6-3-7-15-35)27-29-17-21-32(22-18-29)45-26-10-25-40-28-30-11-8-9-16-36(30)41(38(40)44)31-19-23-34(24-20-31)46-33-12-4-2-5-13-33/h2-9,11-24H,10,25-28H2,1H3,(H,42,43)/t39-/m0/s1. The minimum Gasteiger partial charge on any atom is -0.494 e. The fourth-order valence-electron chi connectivity index (χ4n) is 5.53. The van der Waals surface area contributed by atoms with Gasteiger partial charge in [0.1, 0.15) is 23.0 Å². The summed E-state index contributed by atoms with van der Waals surface area (Å²) in [6.45, 7) is 3.03. The van der Waals surface area contributed by atoms with Crippen molar-refractivity contribution in [3.8, 4) is 23.0 Å². The molecule has 1 N–H and O–H groups in total. The zero-order valence-corrected chi connectivity index (χ0v) is 26.1. The number of amides is 2. The number of ether oxygens (including phenoxy) is 3. The Labute approximate surface area is 274 Å². The first kappa shape index (κ1) is 31.2. The quantitative estimate of drug-likeness (QED) is 0.132. The lowest BCUT2D eigenvalue weighted by Crippen LogP contribution is -2.45. The van der Waals surface area contributed by atoms with Gasteiger partial charge in [0.25, 0.3) is 0 Å². The molecule has 0 aliphatic carbocycles. The van der Waals surface area contributed by atoms with Crippen LogP contribution in [-0.2, 0) is 17.8 Å². The van der Waals surface area contributed by atoms with Crippen LogP contribution in [0.15, 0.2) is 133 Å². The van der Waals surface area contributed by atoms with Crippen molar-refractivity contribution in [1.29, 1.82) is 0 Å². The van der Waals surface area contributed by atoms with E-state index >= 15 is 0 Å². The molecule has 6 rings (SSSR count). The molecule has 1 aliphatic heterocycles. The third-order valence-corrected chi connectivity index (χ3v) is 7.97. The maximum atomic E-state index is 13.8. The van der Waals surface area contributed by atoms with Gasteiger partial charge in [0.15, 0.2) is 0 Å². The Balaban J connectivity index is 1.05. The number of anilines is 2. The lowest BCUT2D eigenvalue weighted by atomic mass is 9.96. The van der Waals surface area contributed by atoms with E-state index in [4.69, 9.17) is 14.2 Å². The van der Waals surface area contributed by atoms with Crippen LogP contribution in [0.2, 0.25) is 0 Å². The number of fused-ring (bicyclic) bond motifs is 1. The average molecular weight is 629 g/mol. The number of aliphatic carboxylic acids is 1. The van der Waals surface area contributed by atoms with Crippen LogP contribution in [0.1, 0.15) is 24.5 Å². The van der Waals surface area contributed by atoms with Gasteiger partial charge in [-0.15, -0.1) is 0 Å². The number of para-hydroxylation sites is 3. The van der Waals surface area contributed by atoms with Crippen LogP contribution >= 0.6 is 0 Å². The Bertz CT molecular complexity index is 1800. The third-order valence-electron chi connectivity index (χ3n) is 7.97. The molecule has 0 radical (unpaired) electrons. The SMILES string of the molecule is C[C@@](Cc1ccc(OCCCN2Cc3ccccc3N(c3ccc(Oc4ccccc4)cc3)C2=O)cc1)(Oc1ccccc1)C(=O)O. The first-order valence-corrected chi connectivity index (χ1v) is 15.6. The predicted molar refractivity (Wildman–Crippen MR) is 181 cm³/mol. The number of hydrogen-bond donors (Lipinski definition) is 1. The summed E-state index contributed by atoms with van der Waals surface area (Å²) in [5, 5.41) is 9.89. The zero-order chi connectivity index (χ0) is 32.6. The second-order valence-corrected chi connectivity index (χ2v) is 11.6. The Kier molecular flexibility index (Phi) is 9.38. The molecule has 1 heterocycles. The van der Waals surface area contributed by atoms with E-state index < -0.39 is 11.6 Å². The number of urea groups is 1. The van der Waals surface area contributed by atoms with E-state index in [9.17, 15) is 14.7 Å². The molecular weight excluding hydrogens is 592 g/mol. The Morgan fingerprint density at radius 2 is 1.34 bits per heavy atom. The summed E-state index contributed by atoms with van der Waals surface area (Å²) < 4.78 is 17.8. The summed E-state index contributed by atoms with van der Waals surface area (Å²) in [6, 6.07) is 41.3. The van der Waals surface area contributed by atoms with Crippen molar-refractivity contribution >= 4 is 23.4 Å². The van der Waals surface area contributed by atoms with E-state index in [1.165, 1.54) is 0 Å². The Hall–Kier alpha value is -5.76. The molecule has 8 heteroatoms. The van der Waals surface area contributed by atoms with Gasteiger partial charge in [-0.05, 0) is 91.2 Å². The van der Waals surface area contributed by atoms with Gasteiger partial charge in [-0.25, -0.2) is 9.59 Å². The van der Waals surface area contributed by atoms with Crippen molar-refractivity contribution in [3.05, 3.63) is 145 Å². The van der Waals surface area contributed by atoms with Gasteiger partial charge in [-0.3, -0.25) is 4.90 Å². The highest BCUT2D eigenvalue weighted by atomic mass is 16.5. The minimum absolute atomic E-state index is 0.0935. The van der Waals surface area contributed by atoms with E-state index in [1.807, 2.05) is 114 Å². The Morgan fingerprint density at radius 3 is 2.02 bits per heavy atom. The minimum atomic E-state index is -1.42. The number of carboxylic acids is 1. The van der Waals surface area contributed by atoms with E-state index in [0.717, 1.165) is 28.3 Å². The van der Waals surface area contributed by atoms with Gasteiger partial charge >= 0.3 is 12.0 Å². The van der Waals surface area contributed by atoms with Crippen molar-refractivity contribution < 1.29 is 28.9 Å². The number of carbonyl (C=O) groups is 2. The molecular formula is C39H36N2O6. The zero-order valence-electron chi connectivity index (χ0n) is 26.1. The first-order chi connectivity index (χ1) is 22.9. The number of hydrogen-bond acceptors (Lipinski definition) is 5. The van der Waals surface area contributed by atoms with Crippen molar-refractivity contribution in [2.45, 2.75) is 31.9 Å². The fourth-order valence-corrected chi connectivity index (χ4v) is 5.53. The van der Waals surface area contributed by atoms with Gasteiger partial charge in [-0.2, -0.15) is 0 Å². The maximum Gasteiger partial charge on any atom is 0.348 e. The van der Waals surface area contributed by atoms with Crippen molar-refractivity contribution in [1.82, 2.24) is 4.90 Å². The van der Waals surface area contributed by atoms with Crippen molar-refractivity contribution in [3.63, 3.8) is 0 Å². The smallest absolute Gasteiger partial charge is 0.348 e. The predicted octanol–water partition coefficient (Wildman–Crippen LogP) is 8.49. The topological polar surface area (TPSA) is 88.5 Å². The molecule has 1 atom stereocenters. The molecule has 0 unspecified atom stereocenters. The molecule has 47 heavy (non-hydrogen) atoms. The molecule has 5 aromatic carbocycles. The summed E-state index contributed by atoms with van der Waals surface area (Å²) in [5.74, 6) is 1.57. The van der Waals surface area contributed by atoms with Crippen LogP contribution in [0.3, 0.4) is 0 Å². The monoisotopic (exact) mass is 628 g/mol. The van der Waals surface area contributed by atoms with Crippen LogP contribution in [0.4, 0.5) is 16.2 Å². The van der Waals surface area contributed by atoms with Crippen LogP contribution in [0.25, 0.3) is 0 Å². The van der Waals surface area contributed by atoms with Crippen LogP contribution in [0, 0.1) is 0 Å². The van der Waals surface area contributed by atoms with E-state index in [-0.39, 0.29) is 12.5 Å². The lowest BCUT2D eigenvalue weighted by molar-refractivity contribution is -0.153. The van der Waals surface area contributed by atoms with Crippen molar-refractivity contribution in [2.75, 3.05) is 18.1 Å². The highest BCUT2D eigenvalue weighted by Crippen LogP contribution is 2.36. The lowest BCUT2D eigenvalue weighted by Gasteiger charge is -2.37. The average Bonchev–Trinajstić information content (AvgIpc) is 3.09. The molecule has 0 saturated heterocycles. The molecule has 0 fully saturated rings. The largest absolute Gasteiger partial charge is 0.494 e. The van der Waals surface area contributed by atoms with Gasteiger partial charge in [-0.1, -0.05) is 66.7 Å². The second kappa shape index (κ2) is 14.1. The second-order valence-electron chi connectivity index (χ2n) is 11.6. The summed E-state index contributed by atoms with van der Waals surface area (Å²) in [7, 11) is 0. The van der Waals surface area contributed by atoms with Gasteiger partial charge in [0, 0.05) is 19.5 Å². The summed E-state index contributed by atoms with van der Waals surface area (Å²) in [6.07, 6.45) is 0.824. The molecule has 238 valence electrons. The molecule has 0 aromatic heterocycles. The van der Waals surface area contributed by atoms with E-state index in [0.29, 0.717) is 43.4 Å². The van der Waals surface area contributed by atoms with Gasteiger partial charge in [0.05, 0.1) is 18.0 Å². The molecule has 0 spiro atoms. The Morgan fingerprint density at radius 1 is 0.745 bits per heavy atom. The van der Waals surface area contributed by atoms with Crippen molar-refractivity contribution in [2.24, 2.45) is 0 Å². The number of carbonyl (C=O) groups excluding carboxylic acids is 1. The molecule has 8 nitrogen and oxygen atoms in total. The molecule has 0 saturated carbocycles. The molecule has 0 bridgehead atoms. The first-order valence-electron chi connectivity index (χ1n) is 15.6. The molecule has 1 aliphatic rings.